The van der Waals surface area contributed by atoms with Crippen LogP contribution in [0.2, 0.25) is 0 Å². The molecule has 0 saturated carbocycles. The van der Waals surface area contributed by atoms with E-state index >= 15 is 0 Å². The lowest BCUT2D eigenvalue weighted by Gasteiger charge is -2.27. The van der Waals surface area contributed by atoms with Crippen molar-refractivity contribution in [3.8, 4) is 0 Å². The average molecular weight is 291 g/mol. The minimum Gasteiger partial charge on any atom is -0.369 e. The van der Waals surface area contributed by atoms with Gasteiger partial charge in [0.05, 0.1) is 0 Å². The third-order valence-corrected chi connectivity index (χ3v) is 3.52. The first kappa shape index (κ1) is 14.7. The molecule has 3 N–H and O–H groups in total. The Labute approximate surface area is 125 Å². The number of likely N-dealkylation sites (tertiary alicyclic amines) is 1. The summed E-state index contributed by atoms with van der Waals surface area (Å²) in [6.45, 7) is 2.67. The van der Waals surface area contributed by atoms with Crippen LogP contribution in [-0.2, 0) is 6.42 Å². The van der Waals surface area contributed by atoms with Crippen molar-refractivity contribution in [2.75, 3.05) is 19.6 Å². The van der Waals surface area contributed by atoms with Crippen molar-refractivity contribution >= 4 is 23.3 Å². The fraction of sp³-hybridized carbons (Fsp3) is 0.500. The van der Waals surface area contributed by atoms with Crippen LogP contribution in [0.3, 0.4) is 0 Å². The first-order chi connectivity index (χ1) is 9.75. The van der Waals surface area contributed by atoms with Gasteiger partial charge in [-0.3, -0.25) is 4.98 Å². The van der Waals surface area contributed by atoms with Gasteiger partial charge < -0.3 is 16.0 Å². The van der Waals surface area contributed by atoms with Gasteiger partial charge in [0.2, 0.25) is 0 Å². The van der Waals surface area contributed by atoms with E-state index in [0.717, 1.165) is 25.2 Å². The maximum atomic E-state index is 5.97. The molecule has 108 valence electrons. The quantitative estimate of drug-likeness (QED) is 0.499. The number of aromatic nitrogens is 1. The van der Waals surface area contributed by atoms with Crippen LogP contribution in [0, 0.1) is 0 Å². The molecular formula is C14H21N5S. The second-order valence-corrected chi connectivity index (χ2v) is 5.21. The largest absolute Gasteiger partial charge is 0.369 e. The highest BCUT2D eigenvalue weighted by atomic mass is 32.1. The molecule has 0 aromatic carbocycles. The molecule has 0 atom stereocenters. The summed E-state index contributed by atoms with van der Waals surface area (Å²) in [7, 11) is 0. The Morgan fingerprint density at radius 1 is 1.35 bits per heavy atom. The Morgan fingerprint density at radius 3 is 2.85 bits per heavy atom. The maximum Gasteiger partial charge on any atom is 0.198 e. The third-order valence-electron chi connectivity index (χ3n) is 3.28. The molecule has 2 rings (SSSR count). The lowest BCUT2D eigenvalue weighted by atomic mass is 10.1. The molecule has 0 bridgehead atoms. The molecule has 1 aromatic heterocycles. The summed E-state index contributed by atoms with van der Waals surface area (Å²) in [6, 6.07) is 5.88. The van der Waals surface area contributed by atoms with E-state index in [0.29, 0.717) is 17.6 Å². The van der Waals surface area contributed by atoms with Gasteiger partial charge in [-0.05, 0) is 43.6 Å². The number of nitrogens with one attached hydrogen (secondary N) is 1. The number of pyridine rings is 1. The normalized spacial score (nSPS) is 16.0. The van der Waals surface area contributed by atoms with E-state index in [9.17, 15) is 0 Å². The van der Waals surface area contributed by atoms with Crippen LogP contribution in [0.15, 0.2) is 29.4 Å². The van der Waals surface area contributed by atoms with Crippen molar-refractivity contribution in [3.63, 3.8) is 0 Å². The van der Waals surface area contributed by atoms with Crippen LogP contribution < -0.4 is 11.1 Å². The molecule has 0 radical (unpaired) electrons. The standard InChI is InChI=1S/C14H21N5S/c15-13(19-10-4-1-5-11-19)18-14(20)17-9-7-12-6-2-3-8-16-12/h2-3,6,8H,1,4-5,7,9-11H2,(H3,15,17,18,20). The van der Waals surface area contributed by atoms with Crippen LogP contribution in [0.5, 0.6) is 0 Å². The molecular weight excluding hydrogens is 270 g/mol. The number of rotatable bonds is 3. The van der Waals surface area contributed by atoms with Crippen molar-refractivity contribution in [3.05, 3.63) is 30.1 Å². The summed E-state index contributed by atoms with van der Waals surface area (Å²) in [4.78, 5) is 10.6. The minimum absolute atomic E-state index is 0.448. The van der Waals surface area contributed by atoms with Gasteiger partial charge in [0.25, 0.3) is 0 Å². The topological polar surface area (TPSA) is 66.5 Å². The van der Waals surface area contributed by atoms with E-state index in [2.05, 4.69) is 20.2 Å². The van der Waals surface area contributed by atoms with E-state index < -0.39 is 0 Å². The monoisotopic (exact) mass is 291 g/mol. The predicted octanol–water partition coefficient (Wildman–Crippen LogP) is 1.30. The number of piperidine rings is 1. The molecule has 6 heteroatoms. The van der Waals surface area contributed by atoms with Gasteiger partial charge >= 0.3 is 0 Å². The van der Waals surface area contributed by atoms with Crippen molar-refractivity contribution < 1.29 is 0 Å². The molecule has 0 amide bonds. The zero-order chi connectivity index (χ0) is 14.2. The highest BCUT2D eigenvalue weighted by Gasteiger charge is 2.12. The highest BCUT2D eigenvalue weighted by Crippen LogP contribution is 2.07. The van der Waals surface area contributed by atoms with Gasteiger partial charge in [-0.1, -0.05) is 6.07 Å². The lowest BCUT2D eigenvalue weighted by Crippen LogP contribution is -2.42. The van der Waals surface area contributed by atoms with Crippen molar-refractivity contribution in [2.45, 2.75) is 25.7 Å². The summed E-state index contributed by atoms with van der Waals surface area (Å²) in [6.07, 6.45) is 6.24. The van der Waals surface area contributed by atoms with Crippen molar-refractivity contribution in [1.82, 2.24) is 15.2 Å². The van der Waals surface area contributed by atoms with E-state index in [1.807, 2.05) is 18.2 Å². The van der Waals surface area contributed by atoms with Gasteiger partial charge in [0.15, 0.2) is 11.1 Å². The second kappa shape index (κ2) is 7.79. The Hall–Kier alpha value is -1.69. The van der Waals surface area contributed by atoms with Crippen LogP contribution in [-0.4, -0.2) is 40.6 Å². The van der Waals surface area contributed by atoms with Gasteiger partial charge in [-0.15, -0.1) is 0 Å². The summed E-state index contributed by atoms with van der Waals surface area (Å²) in [5.41, 5.74) is 7.01. The molecule has 0 aliphatic carbocycles. The molecule has 0 unspecified atom stereocenters. The van der Waals surface area contributed by atoms with E-state index in [1.54, 1.807) is 6.20 Å². The zero-order valence-corrected chi connectivity index (χ0v) is 12.4. The van der Waals surface area contributed by atoms with Crippen molar-refractivity contribution in [1.29, 1.82) is 0 Å². The minimum atomic E-state index is 0.448. The number of thiocarbonyl (C=S) groups is 1. The van der Waals surface area contributed by atoms with E-state index in [1.165, 1.54) is 19.3 Å². The molecule has 5 nitrogen and oxygen atoms in total. The molecule has 1 saturated heterocycles. The van der Waals surface area contributed by atoms with Crippen LogP contribution in [0.4, 0.5) is 0 Å². The van der Waals surface area contributed by atoms with Crippen molar-refractivity contribution in [2.24, 2.45) is 10.7 Å². The van der Waals surface area contributed by atoms with Gasteiger partial charge in [-0.2, -0.15) is 4.99 Å². The first-order valence-electron chi connectivity index (χ1n) is 7.02. The molecule has 2 heterocycles. The van der Waals surface area contributed by atoms with E-state index in [-0.39, 0.29) is 0 Å². The molecule has 1 aromatic rings. The predicted molar refractivity (Wildman–Crippen MR) is 85.6 cm³/mol. The second-order valence-electron chi connectivity index (χ2n) is 4.82. The lowest BCUT2D eigenvalue weighted by molar-refractivity contribution is 0.339. The Morgan fingerprint density at radius 2 is 2.15 bits per heavy atom. The third kappa shape index (κ3) is 4.77. The van der Waals surface area contributed by atoms with E-state index in [4.69, 9.17) is 18.0 Å². The molecule has 1 aliphatic rings. The fourth-order valence-corrected chi connectivity index (χ4v) is 2.38. The summed E-state index contributed by atoms with van der Waals surface area (Å²) >= 11 is 5.19. The van der Waals surface area contributed by atoms with Crippen LogP contribution >= 0.6 is 12.2 Å². The number of nitrogens with zero attached hydrogens (tertiary/aromatic N) is 3. The molecule has 1 fully saturated rings. The number of nitrogens with two attached hydrogens (primary N) is 1. The fourth-order valence-electron chi connectivity index (χ4n) is 2.18. The van der Waals surface area contributed by atoms with Crippen LogP contribution in [0.1, 0.15) is 25.0 Å². The van der Waals surface area contributed by atoms with Gasteiger partial charge in [0, 0.05) is 37.9 Å². The molecule has 1 aliphatic heterocycles. The first-order valence-corrected chi connectivity index (χ1v) is 7.43. The van der Waals surface area contributed by atoms with Gasteiger partial charge in [0.1, 0.15) is 0 Å². The molecule has 20 heavy (non-hydrogen) atoms. The summed E-state index contributed by atoms with van der Waals surface area (Å²) in [5, 5.41) is 3.55. The molecule has 0 spiro atoms. The number of aliphatic imine (C=N–C) groups is 1. The number of guanidine groups is 1. The Balaban J connectivity index is 1.74. The summed E-state index contributed by atoms with van der Waals surface area (Å²) < 4.78 is 0. The number of hydrogen-bond donors (Lipinski definition) is 2. The zero-order valence-electron chi connectivity index (χ0n) is 11.6. The summed E-state index contributed by atoms with van der Waals surface area (Å²) in [5.74, 6) is 0.528. The van der Waals surface area contributed by atoms with Crippen LogP contribution in [0.25, 0.3) is 0 Å². The smallest absolute Gasteiger partial charge is 0.198 e. The highest BCUT2D eigenvalue weighted by molar-refractivity contribution is 7.80. The Bertz CT molecular complexity index is 454. The van der Waals surface area contributed by atoms with Gasteiger partial charge in [-0.25, -0.2) is 0 Å². The number of hydrogen-bond acceptors (Lipinski definition) is 2. The Kier molecular flexibility index (Phi) is 5.73. The average Bonchev–Trinajstić information content (AvgIpc) is 2.49. The maximum absolute atomic E-state index is 5.97. The SMILES string of the molecule is NC(=NC(=S)NCCc1ccccn1)N1CCCCC1.